The maximum atomic E-state index is 8.41. The second kappa shape index (κ2) is 3.78. The molecule has 0 fully saturated rings. The highest BCUT2D eigenvalue weighted by Gasteiger charge is 2.09. The van der Waals surface area contributed by atoms with Gasteiger partial charge in [-0.15, -0.1) is 11.3 Å². The van der Waals surface area contributed by atoms with E-state index in [2.05, 4.69) is 10.1 Å². The van der Waals surface area contributed by atoms with Crippen molar-refractivity contribution in [3.05, 3.63) is 22.4 Å². The molecule has 0 saturated heterocycles. The summed E-state index contributed by atoms with van der Waals surface area (Å²) in [5, 5.41) is 12.1. The van der Waals surface area contributed by atoms with Crippen molar-refractivity contribution in [2.45, 2.75) is 6.42 Å². The summed E-state index contributed by atoms with van der Waals surface area (Å²) in [6, 6.07) is 5.51. The third-order valence-corrected chi connectivity index (χ3v) is 2.72. The lowest BCUT2D eigenvalue weighted by Crippen LogP contribution is -1.79. The van der Waals surface area contributed by atoms with Crippen LogP contribution >= 0.6 is 22.9 Å². The van der Waals surface area contributed by atoms with E-state index in [-0.39, 0.29) is 6.42 Å². The van der Waals surface area contributed by atoms with Crippen molar-refractivity contribution in [2.75, 3.05) is 0 Å². The van der Waals surface area contributed by atoms with Crippen molar-refractivity contribution < 1.29 is 4.52 Å². The lowest BCUT2D eigenvalue weighted by atomic mass is 10.4. The van der Waals surface area contributed by atoms with Gasteiger partial charge >= 0.3 is 0 Å². The Morgan fingerprint density at radius 3 is 3.07 bits per heavy atom. The lowest BCUT2D eigenvalue weighted by molar-refractivity contribution is 0.388. The fourth-order valence-electron chi connectivity index (χ4n) is 0.929. The van der Waals surface area contributed by atoms with E-state index in [1.165, 1.54) is 11.3 Å². The van der Waals surface area contributed by atoms with Crippen LogP contribution < -0.4 is 0 Å². The van der Waals surface area contributed by atoms with Gasteiger partial charge in [0.05, 0.1) is 15.3 Å². The highest BCUT2D eigenvalue weighted by molar-refractivity contribution is 7.19. The Bertz CT molecular complexity index is 485. The molecule has 0 aromatic carbocycles. The lowest BCUT2D eigenvalue weighted by Gasteiger charge is -1.81. The Morgan fingerprint density at radius 2 is 2.43 bits per heavy atom. The van der Waals surface area contributed by atoms with E-state index >= 15 is 0 Å². The summed E-state index contributed by atoms with van der Waals surface area (Å²) in [5.41, 5.74) is 0. The molecule has 0 atom stereocenters. The first-order chi connectivity index (χ1) is 6.79. The monoisotopic (exact) mass is 225 g/mol. The normalized spacial score (nSPS) is 10.0. The number of hydrogen-bond donors (Lipinski definition) is 0. The van der Waals surface area contributed by atoms with E-state index in [1.54, 1.807) is 6.07 Å². The predicted molar refractivity (Wildman–Crippen MR) is 51.9 cm³/mol. The minimum Gasteiger partial charge on any atom is -0.338 e. The molecule has 70 valence electrons. The molecule has 0 aliphatic heterocycles. The standard InChI is InChI=1S/C8H4ClN3OS/c9-6-2-1-5(14-6)8-11-7(3-4-10)13-12-8/h1-2H,3H2. The fourth-order valence-corrected chi connectivity index (χ4v) is 1.90. The molecule has 0 radical (unpaired) electrons. The Kier molecular flexibility index (Phi) is 2.48. The van der Waals surface area contributed by atoms with Crippen LogP contribution in [0.15, 0.2) is 16.7 Å². The molecule has 4 nitrogen and oxygen atoms in total. The van der Waals surface area contributed by atoms with Gasteiger partial charge in [-0.3, -0.25) is 0 Å². The summed E-state index contributed by atoms with van der Waals surface area (Å²) in [5.74, 6) is 0.805. The molecule has 2 aromatic heterocycles. The number of hydrogen-bond acceptors (Lipinski definition) is 5. The van der Waals surface area contributed by atoms with Crippen molar-refractivity contribution >= 4 is 22.9 Å². The van der Waals surface area contributed by atoms with Crippen LogP contribution in [0.25, 0.3) is 10.7 Å². The van der Waals surface area contributed by atoms with Crippen molar-refractivity contribution in [2.24, 2.45) is 0 Å². The molecule has 0 bridgehead atoms. The van der Waals surface area contributed by atoms with E-state index in [0.29, 0.717) is 16.1 Å². The number of nitriles is 1. The molecule has 0 saturated carbocycles. The van der Waals surface area contributed by atoms with Crippen molar-refractivity contribution in [1.29, 1.82) is 5.26 Å². The van der Waals surface area contributed by atoms with Crippen molar-refractivity contribution in [1.82, 2.24) is 10.1 Å². The van der Waals surface area contributed by atoms with Crippen LogP contribution in [0.1, 0.15) is 5.89 Å². The van der Waals surface area contributed by atoms with Crippen LogP contribution in [0.4, 0.5) is 0 Å². The van der Waals surface area contributed by atoms with Gasteiger partial charge in [0.25, 0.3) is 0 Å². The average Bonchev–Trinajstić information content (AvgIpc) is 2.74. The molecule has 0 unspecified atom stereocenters. The van der Waals surface area contributed by atoms with Gasteiger partial charge in [-0.2, -0.15) is 10.2 Å². The highest BCUT2D eigenvalue weighted by atomic mass is 35.5. The Morgan fingerprint density at radius 1 is 1.57 bits per heavy atom. The molecule has 2 heterocycles. The zero-order valence-electron chi connectivity index (χ0n) is 6.90. The first kappa shape index (κ1) is 9.19. The zero-order chi connectivity index (χ0) is 9.97. The minimum atomic E-state index is 0.131. The Labute approximate surface area is 88.7 Å². The SMILES string of the molecule is N#CCc1nc(-c2ccc(Cl)s2)no1. The highest BCUT2D eigenvalue weighted by Crippen LogP contribution is 2.28. The maximum Gasteiger partial charge on any atom is 0.241 e. The van der Waals surface area contributed by atoms with Gasteiger partial charge in [-0.25, -0.2) is 0 Å². The third kappa shape index (κ3) is 1.76. The molecule has 2 aromatic rings. The van der Waals surface area contributed by atoms with Crippen molar-refractivity contribution in [3.8, 4) is 16.8 Å². The first-order valence-corrected chi connectivity index (χ1v) is 4.94. The third-order valence-electron chi connectivity index (χ3n) is 1.49. The fraction of sp³-hybridized carbons (Fsp3) is 0.125. The van der Waals surface area contributed by atoms with Crippen LogP contribution in [0.3, 0.4) is 0 Å². The van der Waals surface area contributed by atoms with Gasteiger partial charge in [-0.1, -0.05) is 16.8 Å². The van der Waals surface area contributed by atoms with E-state index < -0.39 is 0 Å². The largest absolute Gasteiger partial charge is 0.338 e. The van der Waals surface area contributed by atoms with E-state index in [9.17, 15) is 0 Å². The quantitative estimate of drug-likeness (QED) is 0.788. The zero-order valence-corrected chi connectivity index (χ0v) is 8.47. The van der Waals surface area contributed by atoms with E-state index in [4.69, 9.17) is 21.4 Å². The van der Waals surface area contributed by atoms with Gasteiger partial charge in [0.2, 0.25) is 11.7 Å². The molecule has 6 heteroatoms. The van der Waals surface area contributed by atoms with Crippen LogP contribution in [0.5, 0.6) is 0 Å². The molecule has 0 aliphatic carbocycles. The van der Waals surface area contributed by atoms with Gasteiger partial charge in [0, 0.05) is 0 Å². The summed E-state index contributed by atoms with van der Waals surface area (Å²) < 4.78 is 5.52. The summed E-state index contributed by atoms with van der Waals surface area (Å²) in [4.78, 5) is 4.87. The van der Waals surface area contributed by atoms with Crippen LogP contribution in [-0.2, 0) is 6.42 Å². The maximum absolute atomic E-state index is 8.41. The van der Waals surface area contributed by atoms with E-state index in [0.717, 1.165) is 4.88 Å². The Balaban J connectivity index is 2.30. The number of thiophene rings is 1. The van der Waals surface area contributed by atoms with E-state index in [1.807, 2.05) is 12.1 Å². The first-order valence-electron chi connectivity index (χ1n) is 3.75. The summed E-state index contributed by atoms with van der Waals surface area (Å²) in [6.07, 6.45) is 0.131. The molecule has 14 heavy (non-hydrogen) atoms. The van der Waals surface area contributed by atoms with Gasteiger partial charge in [0.15, 0.2) is 0 Å². The Hall–Kier alpha value is -1.38. The smallest absolute Gasteiger partial charge is 0.241 e. The number of aromatic nitrogens is 2. The van der Waals surface area contributed by atoms with Crippen LogP contribution in [-0.4, -0.2) is 10.1 Å². The second-order valence-electron chi connectivity index (χ2n) is 2.45. The average molecular weight is 226 g/mol. The molecule has 0 aliphatic rings. The number of halogens is 1. The van der Waals surface area contributed by atoms with Gasteiger partial charge in [-0.05, 0) is 12.1 Å². The van der Waals surface area contributed by atoms with Gasteiger partial charge in [0.1, 0.15) is 6.42 Å². The summed E-state index contributed by atoms with van der Waals surface area (Å²) >= 11 is 7.13. The van der Waals surface area contributed by atoms with Crippen LogP contribution in [0, 0.1) is 11.3 Å². The molecule has 0 amide bonds. The van der Waals surface area contributed by atoms with Gasteiger partial charge < -0.3 is 4.52 Å². The number of nitrogens with zero attached hydrogens (tertiary/aromatic N) is 3. The molecule has 0 N–H and O–H groups in total. The topological polar surface area (TPSA) is 62.7 Å². The summed E-state index contributed by atoms with van der Waals surface area (Å²) in [6.45, 7) is 0. The molecular weight excluding hydrogens is 222 g/mol. The molecule has 0 spiro atoms. The summed E-state index contributed by atoms with van der Waals surface area (Å²) in [7, 11) is 0. The number of rotatable bonds is 2. The predicted octanol–water partition coefficient (Wildman–Crippen LogP) is 2.52. The molecule has 2 rings (SSSR count). The van der Waals surface area contributed by atoms with Crippen molar-refractivity contribution in [3.63, 3.8) is 0 Å². The second-order valence-corrected chi connectivity index (χ2v) is 4.17. The minimum absolute atomic E-state index is 0.131. The van der Waals surface area contributed by atoms with Crippen LogP contribution in [0.2, 0.25) is 4.34 Å². The molecular formula is C8H4ClN3OS.